The second-order valence-corrected chi connectivity index (χ2v) is 8.80. The van der Waals surface area contributed by atoms with Crippen molar-refractivity contribution < 1.29 is 4.79 Å². The van der Waals surface area contributed by atoms with Gasteiger partial charge in [0.2, 0.25) is 5.91 Å². The summed E-state index contributed by atoms with van der Waals surface area (Å²) in [5.74, 6) is 0.392. The van der Waals surface area contributed by atoms with Crippen LogP contribution < -0.4 is 4.90 Å². The van der Waals surface area contributed by atoms with Gasteiger partial charge in [-0.25, -0.2) is 0 Å². The number of rotatable bonds is 4. The quantitative estimate of drug-likeness (QED) is 0.709. The Morgan fingerprint density at radius 2 is 1.76 bits per heavy atom. The van der Waals surface area contributed by atoms with Crippen molar-refractivity contribution >= 4 is 34.8 Å². The number of piperidine rings is 1. The highest BCUT2D eigenvalue weighted by molar-refractivity contribution is 6.31. The van der Waals surface area contributed by atoms with Gasteiger partial charge in [-0.3, -0.25) is 9.69 Å². The van der Waals surface area contributed by atoms with Gasteiger partial charge in [0.25, 0.3) is 0 Å². The van der Waals surface area contributed by atoms with Crippen LogP contribution in [0.3, 0.4) is 0 Å². The Morgan fingerprint density at radius 1 is 0.966 bits per heavy atom. The number of carbonyl (C=O) groups is 1. The zero-order valence-corrected chi connectivity index (χ0v) is 18.1. The molecular formula is C23H27Cl2N3O. The van der Waals surface area contributed by atoms with E-state index >= 15 is 0 Å². The summed E-state index contributed by atoms with van der Waals surface area (Å²) in [4.78, 5) is 19.9. The average Bonchev–Trinajstić information content (AvgIpc) is 2.75. The number of anilines is 1. The summed E-state index contributed by atoms with van der Waals surface area (Å²) in [6.07, 6.45) is 2.04. The fourth-order valence-electron chi connectivity index (χ4n) is 4.38. The third-order valence-corrected chi connectivity index (χ3v) is 6.58. The van der Waals surface area contributed by atoms with Gasteiger partial charge in [-0.05, 0) is 49.2 Å². The van der Waals surface area contributed by atoms with E-state index in [9.17, 15) is 4.79 Å². The van der Waals surface area contributed by atoms with Gasteiger partial charge < -0.3 is 9.80 Å². The smallest absolute Gasteiger partial charge is 0.227 e. The molecule has 0 aromatic heterocycles. The van der Waals surface area contributed by atoms with Crippen LogP contribution in [0.25, 0.3) is 0 Å². The molecule has 2 aliphatic heterocycles. The van der Waals surface area contributed by atoms with Crippen molar-refractivity contribution in [2.45, 2.75) is 19.4 Å². The summed E-state index contributed by atoms with van der Waals surface area (Å²) in [7, 11) is 0. The Morgan fingerprint density at radius 3 is 2.52 bits per heavy atom. The van der Waals surface area contributed by atoms with Crippen molar-refractivity contribution in [3.8, 4) is 0 Å². The van der Waals surface area contributed by atoms with Gasteiger partial charge in [-0.1, -0.05) is 47.5 Å². The summed E-state index contributed by atoms with van der Waals surface area (Å²) >= 11 is 12.4. The maximum absolute atomic E-state index is 13.1. The lowest BCUT2D eigenvalue weighted by molar-refractivity contribution is -0.137. The molecule has 4 rings (SSSR count). The predicted molar refractivity (Wildman–Crippen MR) is 120 cm³/mol. The second-order valence-electron chi connectivity index (χ2n) is 7.96. The van der Waals surface area contributed by atoms with Crippen LogP contribution in [0.2, 0.25) is 10.0 Å². The van der Waals surface area contributed by atoms with Crippen LogP contribution in [0.4, 0.5) is 5.69 Å². The number of nitrogens with zero attached hydrogens (tertiary/aromatic N) is 3. The van der Waals surface area contributed by atoms with Crippen molar-refractivity contribution in [1.82, 2.24) is 9.80 Å². The molecule has 0 spiro atoms. The highest BCUT2D eigenvalue weighted by Gasteiger charge is 2.31. The lowest BCUT2D eigenvalue weighted by Gasteiger charge is -2.39. The first-order valence-corrected chi connectivity index (χ1v) is 11.1. The van der Waals surface area contributed by atoms with Crippen molar-refractivity contribution in [2.75, 3.05) is 44.2 Å². The Balaban J connectivity index is 1.32. The van der Waals surface area contributed by atoms with Gasteiger partial charge in [0.15, 0.2) is 0 Å². The molecule has 0 saturated carbocycles. The van der Waals surface area contributed by atoms with Crippen LogP contribution >= 0.6 is 23.2 Å². The molecule has 1 unspecified atom stereocenters. The Kier molecular flexibility index (Phi) is 6.63. The molecule has 29 heavy (non-hydrogen) atoms. The summed E-state index contributed by atoms with van der Waals surface area (Å²) < 4.78 is 0. The van der Waals surface area contributed by atoms with Crippen LogP contribution in [0.5, 0.6) is 0 Å². The van der Waals surface area contributed by atoms with E-state index in [1.165, 1.54) is 0 Å². The zero-order chi connectivity index (χ0) is 20.2. The fraction of sp³-hybridized carbons (Fsp3) is 0.435. The fourth-order valence-corrected chi connectivity index (χ4v) is 4.76. The molecule has 0 N–H and O–H groups in total. The number of carbonyl (C=O) groups excluding carboxylic acids is 1. The SMILES string of the molecule is O=C(C1CCCN(Cc2ccccc2Cl)C1)N1CCN(c2cccc(Cl)c2)CC1. The summed E-state index contributed by atoms with van der Waals surface area (Å²) in [5, 5.41) is 1.56. The first kappa shape index (κ1) is 20.5. The van der Waals surface area contributed by atoms with Crippen LogP contribution in [-0.2, 0) is 11.3 Å². The largest absolute Gasteiger partial charge is 0.368 e. The molecule has 6 heteroatoms. The third kappa shape index (κ3) is 5.06. The number of benzene rings is 2. The molecule has 2 aromatic rings. The average molecular weight is 432 g/mol. The van der Waals surface area contributed by atoms with Crippen LogP contribution in [0.1, 0.15) is 18.4 Å². The first-order chi connectivity index (χ1) is 14.1. The monoisotopic (exact) mass is 431 g/mol. The predicted octanol–water partition coefficient (Wildman–Crippen LogP) is 4.55. The number of piperazine rings is 1. The maximum Gasteiger partial charge on any atom is 0.227 e. The molecule has 2 aromatic carbocycles. The van der Waals surface area contributed by atoms with E-state index in [1.807, 2.05) is 41.3 Å². The Hall–Kier alpha value is -1.75. The van der Waals surface area contributed by atoms with Gasteiger partial charge in [0, 0.05) is 55.0 Å². The molecular weight excluding hydrogens is 405 g/mol. The van der Waals surface area contributed by atoms with E-state index in [4.69, 9.17) is 23.2 Å². The molecule has 1 atom stereocenters. The number of amides is 1. The van der Waals surface area contributed by atoms with Gasteiger partial charge in [-0.2, -0.15) is 0 Å². The van der Waals surface area contributed by atoms with Crippen molar-refractivity contribution in [3.63, 3.8) is 0 Å². The molecule has 4 nitrogen and oxygen atoms in total. The van der Waals surface area contributed by atoms with Crippen LogP contribution in [0, 0.1) is 5.92 Å². The molecule has 0 bridgehead atoms. The van der Waals surface area contributed by atoms with Gasteiger partial charge in [0.1, 0.15) is 0 Å². The minimum Gasteiger partial charge on any atom is -0.368 e. The standard InChI is InChI=1S/C23H27Cl2N3O/c24-20-7-3-8-21(15-20)27-11-13-28(14-12-27)23(29)19-6-4-10-26(17-19)16-18-5-1-2-9-22(18)25/h1-3,5,7-9,15,19H,4,6,10-14,16-17H2. The van der Waals surface area contributed by atoms with Crippen molar-refractivity contribution in [1.29, 1.82) is 0 Å². The maximum atomic E-state index is 13.1. The van der Waals surface area contributed by atoms with Crippen molar-refractivity contribution in [2.24, 2.45) is 5.92 Å². The molecule has 154 valence electrons. The molecule has 2 aliphatic rings. The minimum atomic E-state index is 0.0870. The van der Waals surface area contributed by atoms with E-state index in [0.29, 0.717) is 5.91 Å². The molecule has 2 saturated heterocycles. The van der Waals surface area contributed by atoms with E-state index in [-0.39, 0.29) is 5.92 Å². The zero-order valence-electron chi connectivity index (χ0n) is 16.6. The van der Waals surface area contributed by atoms with Crippen LogP contribution in [0.15, 0.2) is 48.5 Å². The molecule has 1 amide bonds. The highest BCUT2D eigenvalue weighted by atomic mass is 35.5. The lowest BCUT2D eigenvalue weighted by Crippen LogP contribution is -2.52. The molecule has 0 radical (unpaired) electrons. The summed E-state index contributed by atoms with van der Waals surface area (Å²) in [6, 6.07) is 15.9. The van der Waals surface area contributed by atoms with Crippen molar-refractivity contribution in [3.05, 3.63) is 64.1 Å². The lowest BCUT2D eigenvalue weighted by atomic mass is 9.95. The molecule has 0 aliphatic carbocycles. The number of hydrogen-bond donors (Lipinski definition) is 0. The van der Waals surface area contributed by atoms with Gasteiger partial charge >= 0.3 is 0 Å². The van der Waals surface area contributed by atoms with E-state index < -0.39 is 0 Å². The highest BCUT2D eigenvalue weighted by Crippen LogP contribution is 2.25. The second kappa shape index (κ2) is 9.38. The topological polar surface area (TPSA) is 26.8 Å². The number of likely N-dealkylation sites (tertiary alicyclic amines) is 1. The van der Waals surface area contributed by atoms with E-state index in [1.54, 1.807) is 0 Å². The normalized spacial score (nSPS) is 20.7. The van der Waals surface area contributed by atoms with Gasteiger partial charge in [0.05, 0.1) is 5.92 Å². The third-order valence-electron chi connectivity index (χ3n) is 5.97. The molecule has 2 fully saturated rings. The number of hydrogen-bond acceptors (Lipinski definition) is 3. The summed E-state index contributed by atoms with van der Waals surface area (Å²) in [5.41, 5.74) is 2.27. The Bertz CT molecular complexity index is 852. The first-order valence-electron chi connectivity index (χ1n) is 10.4. The number of halogens is 2. The minimum absolute atomic E-state index is 0.0870. The van der Waals surface area contributed by atoms with Gasteiger partial charge in [-0.15, -0.1) is 0 Å². The molecule has 2 heterocycles. The van der Waals surface area contributed by atoms with E-state index in [2.05, 4.69) is 21.9 Å². The van der Waals surface area contributed by atoms with E-state index in [0.717, 1.165) is 80.0 Å². The van der Waals surface area contributed by atoms with Crippen LogP contribution in [-0.4, -0.2) is 55.0 Å². The Labute approximate surface area is 183 Å². The summed E-state index contributed by atoms with van der Waals surface area (Å²) in [6.45, 7) is 5.89.